The van der Waals surface area contributed by atoms with Crippen molar-refractivity contribution >= 4 is 29.4 Å². The van der Waals surface area contributed by atoms with Crippen molar-refractivity contribution in [2.45, 2.75) is 30.2 Å². The Kier molecular flexibility index (Phi) is 5.83. The Bertz CT molecular complexity index is 892. The van der Waals surface area contributed by atoms with Crippen LogP contribution >= 0.6 is 11.8 Å². The number of carbonyl (C=O) groups is 2. The summed E-state index contributed by atoms with van der Waals surface area (Å²) in [4.78, 5) is 28.0. The number of methoxy groups -OCH3 is 1. The number of amides is 3. The second kappa shape index (κ2) is 8.14. The molecule has 1 aliphatic rings. The maximum Gasteiger partial charge on any atom is 0.332 e. The van der Waals surface area contributed by atoms with Crippen LogP contribution in [-0.4, -0.2) is 35.7 Å². The molecule has 0 bridgehead atoms. The van der Waals surface area contributed by atoms with E-state index in [-0.39, 0.29) is 17.2 Å². The molecule has 1 atom stereocenters. The molecule has 9 heteroatoms. The van der Waals surface area contributed by atoms with E-state index in [9.17, 15) is 22.8 Å². The molecule has 2 aromatic rings. The minimum Gasteiger partial charge on any atom is -0.496 e. The molecule has 28 heavy (non-hydrogen) atoms. The van der Waals surface area contributed by atoms with Gasteiger partial charge in [0, 0.05) is 5.69 Å². The van der Waals surface area contributed by atoms with E-state index in [0.717, 1.165) is 4.90 Å². The molecule has 0 spiro atoms. The lowest BCUT2D eigenvalue weighted by Gasteiger charge is -2.19. The third kappa shape index (κ3) is 3.94. The number of benzene rings is 2. The molecular formula is C19H17F3N2O3S. The highest BCUT2D eigenvalue weighted by Gasteiger charge is 2.43. The minimum atomic E-state index is -2.59. The van der Waals surface area contributed by atoms with E-state index < -0.39 is 29.6 Å². The summed E-state index contributed by atoms with van der Waals surface area (Å²) in [5, 5.41) is 0. The molecule has 1 fully saturated rings. The number of halogens is 3. The Morgan fingerprint density at radius 2 is 1.82 bits per heavy atom. The smallest absolute Gasteiger partial charge is 0.332 e. The quantitative estimate of drug-likeness (QED) is 0.520. The lowest BCUT2D eigenvalue weighted by atomic mass is 10.2. The average molecular weight is 410 g/mol. The summed E-state index contributed by atoms with van der Waals surface area (Å²) in [6.07, 6.45) is 0. The lowest BCUT2D eigenvalue weighted by Crippen LogP contribution is -2.33. The Morgan fingerprint density at radius 3 is 2.43 bits per heavy atom. The van der Waals surface area contributed by atoms with Crippen LogP contribution in [0.1, 0.15) is 12.5 Å². The highest BCUT2D eigenvalue weighted by Crippen LogP contribution is 2.35. The van der Waals surface area contributed by atoms with Crippen LogP contribution in [0, 0.1) is 5.82 Å². The first-order valence-corrected chi connectivity index (χ1v) is 9.21. The van der Waals surface area contributed by atoms with Gasteiger partial charge in [0.25, 0.3) is 11.7 Å². The number of ether oxygens (including phenoxy) is 1. The Balaban J connectivity index is 1.83. The number of thioether (sulfide) groups is 1. The van der Waals surface area contributed by atoms with Crippen LogP contribution in [-0.2, 0) is 11.3 Å². The second-order valence-electron chi connectivity index (χ2n) is 6.09. The molecule has 0 aromatic heterocycles. The van der Waals surface area contributed by atoms with Gasteiger partial charge in [0.2, 0.25) is 0 Å². The summed E-state index contributed by atoms with van der Waals surface area (Å²) in [6.45, 7) is 1.56. The maximum atomic E-state index is 13.2. The molecular weight excluding hydrogens is 393 g/mol. The fourth-order valence-electron chi connectivity index (χ4n) is 2.99. The van der Waals surface area contributed by atoms with Gasteiger partial charge in [0.1, 0.15) is 17.6 Å². The lowest BCUT2D eigenvalue weighted by molar-refractivity contribution is -0.127. The van der Waals surface area contributed by atoms with E-state index in [2.05, 4.69) is 0 Å². The zero-order valence-electron chi connectivity index (χ0n) is 15.1. The van der Waals surface area contributed by atoms with Gasteiger partial charge in [-0.05, 0) is 48.9 Å². The summed E-state index contributed by atoms with van der Waals surface area (Å²) in [5.74, 6) is -3.20. The van der Waals surface area contributed by atoms with Crippen molar-refractivity contribution in [1.82, 2.24) is 4.90 Å². The van der Waals surface area contributed by atoms with Gasteiger partial charge in [-0.1, -0.05) is 17.8 Å². The fraction of sp³-hybridized carbons (Fsp3) is 0.263. The van der Waals surface area contributed by atoms with Crippen molar-refractivity contribution in [3.8, 4) is 5.75 Å². The first-order valence-electron chi connectivity index (χ1n) is 8.33. The largest absolute Gasteiger partial charge is 0.496 e. The van der Waals surface area contributed by atoms with Crippen LogP contribution < -0.4 is 9.64 Å². The molecule has 1 heterocycles. The van der Waals surface area contributed by atoms with Crippen LogP contribution in [0.15, 0.2) is 47.4 Å². The summed E-state index contributed by atoms with van der Waals surface area (Å²) in [5.41, 5.74) is 0.973. The number of imide groups is 1. The third-order valence-electron chi connectivity index (χ3n) is 4.34. The first-order chi connectivity index (χ1) is 13.3. The summed E-state index contributed by atoms with van der Waals surface area (Å²) in [7, 11) is 1.36. The van der Waals surface area contributed by atoms with Crippen LogP contribution in [0.4, 0.5) is 23.7 Å². The van der Waals surface area contributed by atoms with Crippen molar-refractivity contribution in [3.63, 3.8) is 0 Å². The Labute approximate surface area is 164 Å². The van der Waals surface area contributed by atoms with E-state index in [1.165, 1.54) is 48.4 Å². The van der Waals surface area contributed by atoms with Gasteiger partial charge in [-0.25, -0.2) is 9.18 Å². The first kappa shape index (κ1) is 20.1. The Morgan fingerprint density at radius 1 is 1.14 bits per heavy atom. The van der Waals surface area contributed by atoms with Gasteiger partial charge >= 0.3 is 6.03 Å². The van der Waals surface area contributed by atoms with E-state index >= 15 is 0 Å². The van der Waals surface area contributed by atoms with Crippen LogP contribution in [0.25, 0.3) is 0 Å². The van der Waals surface area contributed by atoms with E-state index in [1.807, 2.05) is 0 Å². The van der Waals surface area contributed by atoms with E-state index in [0.29, 0.717) is 23.0 Å². The average Bonchev–Trinajstić information content (AvgIpc) is 2.87. The van der Waals surface area contributed by atoms with Gasteiger partial charge in [-0.2, -0.15) is 8.78 Å². The molecule has 3 rings (SSSR count). The van der Waals surface area contributed by atoms with Gasteiger partial charge in [0.15, 0.2) is 0 Å². The van der Waals surface area contributed by atoms with Crippen molar-refractivity contribution in [1.29, 1.82) is 0 Å². The predicted octanol–water partition coefficient (Wildman–Crippen LogP) is 4.51. The summed E-state index contributed by atoms with van der Waals surface area (Å²) in [6, 6.07) is 8.58. The zero-order valence-corrected chi connectivity index (χ0v) is 15.9. The van der Waals surface area contributed by atoms with Crippen LogP contribution in [0.3, 0.4) is 0 Å². The molecule has 148 valence electrons. The monoisotopic (exact) mass is 410 g/mol. The van der Waals surface area contributed by atoms with E-state index in [4.69, 9.17) is 4.74 Å². The normalized spacial score (nSPS) is 17.0. The highest BCUT2D eigenvalue weighted by atomic mass is 32.2. The van der Waals surface area contributed by atoms with Gasteiger partial charge in [-0.15, -0.1) is 0 Å². The minimum absolute atomic E-state index is 0.0321. The van der Waals surface area contributed by atoms with Crippen molar-refractivity contribution < 1.29 is 27.5 Å². The van der Waals surface area contributed by atoms with Crippen LogP contribution in [0.5, 0.6) is 5.75 Å². The molecule has 3 amide bonds. The van der Waals surface area contributed by atoms with Crippen molar-refractivity contribution in [3.05, 3.63) is 53.8 Å². The summed E-state index contributed by atoms with van der Waals surface area (Å²) < 4.78 is 43.5. The number of nitrogens with zero attached hydrogens (tertiary/aromatic N) is 2. The molecule has 5 nitrogen and oxygen atoms in total. The highest BCUT2D eigenvalue weighted by molar-refractivity contribution is 7.99. The van der Waals surface area contributed by atoms with Gasteiger partial charge in [0.05, 0.1) is 18.6 Å². The second-order valence-corrected chi connectivity index (χ2v) is 7.12. The summed E-state index contributed by atoms with van der Waals surface area (Å²) >= 11 is 0.357. The topological polar surface area (TPSA) is 49.9 Å². The fourth-order valence-corrected chi connectivity index (χ4v) is 3.59. The van der Waals surface area contributed by atoms with Gasteiger partial charge < -0.3 is 4.74 Å². The standard InChI is InChI=1S/C19H17F3N2O3S/c1-11-17(25)23(19(26)24(11)14-6-4-13(20)5-7-14)10-12-3-8-16(28-18(21)22)15(9-12)27-2/h3-9,11,18H,10H2,1-2H3. The zero-order chi connectivity index (χ0) is 20.4. The number of rotatable bonds is 6. The molecule has 2 aromatic carbocycles. The number of hydrogen-bond donors (Lipinski definition) is 0. The van der Waals surface area contributed by atoms with Gasteiger partial charge in [-0.3, -0.25) is 14.6 Å². The Hall–Kier alpha value is -2.68. The SMILES string of the molecule is COc1cc(CN2C(=O)C(C)N(c3ccc(F)cc3)C2=O)ccc1SC(F)F. The molecule has 1 saturated heterocycles. The molecule has 0 N–H and O–H groups in total. The maximum absolute atomic E-state index is 13.2. The third-order valence-corrected chi connectivity index (χ3v) is 5.11. The molecule has 1 unspecified atom stereocenters. The number of carbonyl (C=O) groups excluding carboxylic acids is 2. The van der Waals surface area contributed by atoms with E-state index in [1.54, 1.807) is 13.0 Å². The molecule has 0 aliphatic carbocycles. The van der Waals surface area contributed by atoms with Crippen molar-refractivity contribution in [2.75, 3.05) is 12.0 Å². The number of alkyl halides is 2. The number of hydrogen-bond acceptors (Lipinski definition) is 4. The molecule has 0 saturated carbocycles. The predicted molar refractivity (Wildman–Crippen MR) is 99.1 cm³/mol. The number of urea groups is 1. The number of anilines is 1. The van der Waals surface area contributed by atoms with Crippen LogP contribution in [0.2, 0.25) is 0 Å². The van der Waals surface area contributed by atoms with Crippen molar-refractivity contribution in [2.24, 2.45) is 0 Å². The molecule has 1 aliphatic heterocycles. The molecule has 0 radical (unpaired) electrons.